The predicted octanol–water partition coefficient (Wildman–Crippen LogP) is 1.13. The van der Waals surface area contributed by atoms with Crippen LogP contribution in [0.5, 0.6) is 0 Å². The Morgan fingerprint density at radius 3 is 2.76 bits per heavy atom. The maximum Gasteiger partial charge on any atom is 0.433 e. The van der Waals surface area contributed by atoms with Crippen LogP contribution in [-0.4, -0.2) is 33.9 Å². The molecule has 2 heterocycles. The van der Waals surface area contributed by atoms with Gasteiger partial charge in [-0.2, -0.15) is 18.3 Å². The lowest BCUT2D eigenvalue weighted by Crippen LogP contribution is -2.23. The number of rotatable bonds is 2. The minimum absolute atomic E-state index is 0.365. The van der Waals surface area contributed by atoms with Gasteiger partial charge in [-0.3, -0.25) is 4.68 Å². The molecule has 0 saturated carbocycles. The zero-order chi connectivity index (χ0) is 12.6. The van der Waals surface area contributed by atoms with Crippen molar-refractivity contribution < 1.29 is 23.1 Å². The standard InChI is InChI=1S/C9H10F3N3O2/c10-9(11,12)7-6(8(16)17)4-14-15(7)5-1-2-13-3-5/h4-5,13H,1-3H2,(H,16,17). The number of carboxylic acid groups (broad SMARTS) is 1. The number of halogens is 3. The van der Waals surface area contributed by atoms with Gasteiger partial charge in [0.2, 0.25) is 0 Å². The SMILES string of the molecule is O=C(O)c1cnn(C2CCNC2)c1C(F)(F)F. The van der Waals surface area contributed by atoms with E-state index >= 15 is 0 Å². The molecule has 2 rings (SSSR count). The fourth-order valence-corrected chi connectivity index (χ4v) is 1.93. The van der Waals surface area contributed by atoms with E-state index in [2.05, 4.69) is 10.4 Å². The van der Waals surface area contributed by atoms with E-state index in [9.17, 15) is 18.0 Å². The number of hydrogen-bond donors (Lipinski definition) is 2. The molecule has 17 heavy (non-hydrogen) atoms. The van der Waals surface area contributed by atoms with Gasteiger partial charge in [0.15, 0.2) is 5.69 Å². The van der Waals surface area contributed by atoms with Gasteiger partial charge >= 0.3 is 12.1 Å². The largest absolute Gasteiger partial charge is 0.478 e. The lowest BCUT2D eigenvalue weighted by molar-refractivity contribution is -0.145. The summed E-state index contributed by atoms with van der Waals surface area (Å²) >= 11 is 0. The van der Waals surface area contributed by atoms with Crippen LogP contribution in [0.4, 0.5) is 13.2 Å². The van der Waals surface area contributed by atoms with E-state index in [4.69, 9.17) is 5.11 Å². The van der Waals surface area contributed by atoms with Crippen molar-refractivity contribution in [2.75, 3.05) is 13.1 Å². The molecular weight excluding hydrogens is 239 g/mol. The summed E-state index contributed by atoms with van der Waals surface area (Å²) in [4.78, 5) is 10.7. The summed E-state index contributed by atoms with van der Waals surface area (Å²) in [7, 11) is 0. The van der Waals surface area contributed by atoms with Gasteiger partial charge in [-0.1, -0.05) is 0 Å². The summed E-state index contributed by atoms with van der Waals surface area (Å²) in [6.07, 6.45) is -3.46. The Balaban J connectivity index is 2.48. The minimum Gasteiger partial charge on any atom is -0.478 e. The fraction of sp³-hybridized carbons (Fsp3) is 0.556. The van der Waals surface area contributed by atoms with E-state index in [0.717, 1.165) is 10.9 Å². The molecule has 1 unspecified atom stereocenters. The Morgan fingerprint density at radius 2 is 2.29 bits per heavy atom. The van der Waals surface area contributed by atoms with E-state index in [-0.39, 0.29) is 0 Å². The van der Waals surface area contributed by atoms with Crippen LogP contribution in [0, 0.1) is 0 Å². The molecule has 1 aromatic rings. The van der Waals surface area contributed by atoms with Crippen LogP contribution in [0.25, 0.3) is 0 Å². The minimum atomic E-state index is -4.72. The van der Waals surface area contributed by atoms with Gasteiger partial charge in [-0.15, -0.1) is 0 Å². The maximum atomic E-state index is 12.8. The summed E-state index contributed by atoms with van der Waals surface area (Å²) in [5.41, 5.74) is -1.98. The summed E-state index contributed by atoms with van der Waals surface area (Å²) in [6, 6.07) is -0.445. The van der Waals surface area contributed by atoms with Crippen molar-refractivity contribution in [2.24, 2.45) is 0 Å². The Morgan fingerprint density at radius 1 is 1.59 bits per heavy atom. The molecule has 0 amide bonds. The number of aromatic carboxylic acids is 1. The third-order valence-corrected chi connectivity index (χ3v) is 2.67. The number of hydrogen-bond acceptors (Lipinski definition) is 3. The zero-order valence-corrected chi connectivity index (χ0v) is 8.66. The van der Waals surface area contributed by atoms with Crippen molar-refractivity contribution in [1.82, 2.24) is 15.1 Å². The van der Waals surface area contributed by atoms with Gasteiger partial charge in [-0.05, 0) is 13.0 Å². The topological polar surface area (TPSA) is 67.1 Å². The van der Waals surface area contributed by atoms with Gasteiger partial charge in [0.05, 0.1) is 12.2 Å². The molecule has 8 heteroatoms. The summed E-state index contributed by atoms with van der Waals surface area (Å²) in [6.45, 7) is 0.966. The average molecular weight is 249 g/mol. The van der Waals surface area contributed by atoms with Crippen LogP contribution in [0.2, 0.25) is 0 Å². The van der Waals surface area contributed by atoms with Crippen molar-refractivity contribution in [3.8, 4) is 0 Å². The maximum absolute atomic E-state index is 12.8. The average Bonchev–Trinajstić information content (AvgIpc) is 2.85. The van der Waals surface area contributed by atoms with E-state index in [1.807, 2.05) is 0 Å². The number of alkyl halides is 3. The van der Waals surface area contributed by atoms with Crippen molar-refractivity contribution >= 4 is 5.97 Å². The van der Waals surface area contributed by atoms with Gasteiger partial charge in [-0.25, -0.2) is 4.79 Å². The lowest BCUT2D eigenvalue weighted by Gasteiger charge is -2.16. The predicted molar refractivity (Wildman–Crippen MR) is 50.7 cm³/mol. The van der Waals surface area contributed by atoms with E-state index in [1.54, 1.807) is 0 Å². The normalized spacial score (nSPS) is 20.8. The second kappa shape index (κ2) is 4.02. The zero-order valence-electron chi connectivity index (χ0n) is 8.66. The van der Waals surface area contributed by atoms with Gasteiger partial charge in [0.25, 0.3) is 0 Å². The van der Waals surface area contributed by atoms with Crippen LogP contribution < -0.4 is 5.32 Å². The molecule has 0 radical (unpaired) electrons. The van der Waals surface area contributed by atoms with Crippen molar-refractivity contribution in [3.05, 3.63) is 17.5 Å². The Hall–Kier alpha value is -1.57. The van der Waals surface area contributed by atoms with E-state index in [1.165, 1.54) is 0 Å². The first-order chi connectivity index (χ1) is 7.91. The van der Waals surface area contributed by atoms with Crippen LogP contribution in [0.3, 0.4) is 0 Å². The van der Waals surface area contributed by atoms with Crippen LogP contribution in [0.15, 0.2) is 6.20 Å². The summed E-state index contributed by atoms with van der Waals surface area (Å²) < 4.78 is 39.2. The van der Waals surface area contributed by atoms with Crippen LogP contribution in [-0.2, 0) is 6.18 Å². The smallest absolute Gasteiger partial charge is 0.433 e. The molecule has 1 aromatic heterocycles. The Bertz CT molecular complexity index is 435. The van der Waals surface area contributed by atoms with Gasteiger partial charge in [0, 0.05) is 6.54 Å². The molecule has 1 aliphatic heterocycles. The highest BCUT2D eigenvalue weighted by Crippen LogP contribution is 2.34. The highest BCUT2D eigenvalue weighted by atomic mass is 19.4. The molecule has 2 N–H and O–H groups in total. The van der Waals surface area contributed by atoms with Gasteiger partial charge in [0.1, 0.15) is 5.56 Å². The lowest BCUT2D eigenvalue weighted by atomic mass is 10.2. The van der Waals surface area contributed by atoms with Crippen molar-refractivity contribution in [1.29, 1.82) is 0 Å². The number of nitrogens with one attached hydrogen (secondary N) is 1. The quantitative estimate of drug-likeness (QED) is 0.824. The first-order valence-electron chi connectivity index (χ1n) is 5.00. The molecule has 1 aliphatic rings. The second-order valence-electron chi connectivity index (χ2n) is 3.80. The molecule has 1 fully saturated rings. The first kappa shape index (κ1) is 11.9. The number of carbonyl (C=O) groups is 1. The van der Waals surface area contributed by atoms with E-state index < -0.39 is 29.4 Å². The third kappa shape index (κ3) is 2.12. The molecule has 1 atom stereocenters. The highest BCUT2D eigenvalue weighted by Gasteiger charge is 2.41. The molecule has 1 saturated heterocycles. The van der Waals surface area contributed by atoms with Crippen molar-refractivity contribution in [3.63, 3.8) is 0 Å². The highest BCUT2D eigenvalue weighted by molar-refractivity contribution is 5.88. The molecule has 0 aliphatic carbocycles. The van der Waals surface area contributed by atoms with Crippen molar-refractivity contribution in [2.45, 2.75) is 18.6 Å². The molecule has 0 spiro atoms. The fourth-order valence-electron chi connectivity index (χ4n) is 1.93. The first-order valence-corrected chi connectivity index (χ1v) is 5.00. The Labute approximate surface area is 94.2 Å². The summed E-state index contributed by atoms with van der Waals surface area (Å²) in [5.74, 6) is -1.62. The molecule has 94 valence electrons. The Kier molecular flexibility index (Phi) is 2.82. The molecule has 0 bridgehead atoms. The number of nitrogens with zero attached hydrogens (tertiary/aromatic N) is 2. The van der Waals surface area contributed by atoms with Crippen LogP contribution in [0.1, 0.15) is 28.5 Å². The number of aromatic nitrogens is 2. The molecular formula is C9H10F3N3O2. The number of carboxylic acids is 1. The molecule has 5 nitrogen and oxygen atoms in total. The molecule has 0 aromatic carbocycles. The summed E-state index contributed by atoms with van der Waals surface area (Å²) in [5, 5.41) is 15.2. The van der Waals surface area contributed by atoms with E-state index in [0.29, 0.717) is 19.5 Å². The third-order valence-electron chi connectivity index (χ3n) is 2.67. The van der Waals surface area contributed by atoms with Gasteiger partial charge < -0.3 is 10.4 Å². The van der Waals surface area contributed by atoms with Crippen LogP contribution >= 0.6 is 0 Å². The second-order valence-corrected chi connectivity index (χ2v) is 3.80. The monoisotopic (exact) mass is 249 g/mol.